The molecule has 0 radical (unpaired) electrons. The van der Waals surface area contributed by atoms with Gasteiger partial charge >= 0.3 is 0 Å². The van der Waals surface area contributed by atoms with Crippen molar-refractivity contribution in [1.82, 2.24) is 14.8 Å². The van der Waals surface area contributed by atoms with Gasteiger partial charge in [-0.1, -0.05) is 41.9 Å². The summed E-state index contributed by atoms with van der Waals surface area (Å²) in [5.41, 5.74) is 2.05. The molecule has 1 amide bonds. The number of H-pyrrole nitrogens is 1. The van der Waals surface area contributed by atoms with Gasteiger partial charge in [0.1, 0.15) is 17.3 Å². The average molecular weight is 362 g/mol. The second-order valence-electron chi connectivity index (χ2n) is 5.61. The number of halogens is 1. The number of amides is 1. The van der Waals surface area contributed by atoms with Crippen LogP contribution in [0.5, 0.6) is 0 Å². The fraction of sp³-hybridized carbons (Fsp3) is 0. The molecule has 0 aliphatic carbocycles. The number of aromatic amines is 1. The van der Waals surface area contributed by atoms with E-state index < -0.39 is 0 Å². The minimum atomic E-state index is -0.383. The van der Waals surface area contributed by atoms with Gasteiger partial charge in [0.25, 0.3) is 5.91 Å². The molecular formula is C19H12ClN5O. The van der Waals surface area contributed by atoms with Gasteiger partial charge in [0.15, 0.2) is 5.82 Å². The van der Waals surface area contributed by atoms with Crippen molar-refractivity contribution in [2.24, 2.45) is 0 Å². The largest absolute Gasteiger partial charge is 0.349 e. The third-order valence-corrected chi connectivity index (χ3v) is 4.29. The Balaban J connectivity index is 1.72. The Bertz CT molecular complexity index is 1150. The van der Waals surface area contributed by atoms with Crippen molar-refractivity contribution in [1.29, 1.82) is 5.26 Å². The second-order valence-corrected chi connectivity index (χ2v) is 6.01. The van der Waals surface area contributed by atoms with Crippen LogP contribution in [0.2, 0.25) is 5.02 Å². The van der Waals surface area contributed by atoms with E-state index in [-0.39, 0.29) is 11.5 Å². The van der Waals surface area contributed by atoms with Crippen LogP contribution in [0.15, 0.2) is 60.8 Å². The summed E-state index contributed by atoms with van der Waals surface area (Å²) in [6.07, 6.45) is 1.42. The lowest BCUT2D eigenvalue weighted by molar-refractivity contribution is 0.102. The van der Waals surface area contributed by atoms with Crippen LogP contribution in [0.4, 0.5) is 5.82 Å². The fourth-order valence-electron chi connectivity index (χ4n) is 2.73. The minimum Gasteiger partial charge on any atom is -0.349 e. The van der Waals surface area contributed by atoms with Crippen molar-refractivity contribution in [2.45, 2.75) is 0 Å². The lowest BCUT2D eigenvalue weighted by Gasteiger charge is -2.08. The predicted octanol–water partition coefficient (Wildman–Crippen LogP) is 4.13. The van der Waals surface area contributed by atoms with Gasteiger partial charge in [-0.25, -0.2) is 4.68 Å². The van der Waals surface area contributed by atoms with Crippen LogP contribution in [-0.2, 0) is 0 Å². The number of para-hydroxylation sites is 2. The summed E-state index contributed by atoms with van der Waals surface area (Å²) in [7, 11) is 0. The highest BCUT2D eigenvalue weighted by Gasteiger charge is 2.17. The van der Waals surface area contributed by atoms with E-state index in [1.807, 2.05) is 48.5 Å². The fourth-order valence-corrected chi connectivity index (χ4v) is 2.96. The van der Waals surface area contributed by atoms with Gasteiger partial charge in [0.05, 0.1) is 22.4 Å². The summed E-state index contributed by atoms with van der Waals surface area (Å²) in [4.78, 5) is 15.7. The van der Waals surface area contributed by atoms with Crippen molar-refractivity contribution in [3.05, 3.63) is 77.1 Å². The molecule has 2 aromatic heterocycles. The monoisotopic (exact) mass is 361 g/mol. The Labute approximate surface area is 153 Å². The molecule has 4 aromatic rings. The molecule has 2 aromatic carbocycles. The number of aromatic nitrogens is 3. The first-order valence-corrected chi connectivity index (χ1v) is 8.17. The molecule has 126 valence electrons. The van der Waals surface area contributed by atoms with Gasteiger partial charge in [0.2, 0.25) is 0 Å². The number of anilines is 1. The molecule has 2 N–H and O–H groups in total. The molecule has 2 heterocycles. The summed E-state index contributed by atoms with van der Waals surface area (Å²) >= 11 is 6.15. The van der Waals surface area contributed by atoms with Gasteiger partial charge in [-0.15, -0.1) is 0 Å². The van der Waals surface area contributed by atoms with Crippen molar-refractivity contribution >= 4 is 34.2 Å². The van der Waals surface area contributed by atoms with Gasteiger partial charge in [-0.3, -0.25) is 4.79 Å². The number of nitrogens with one attached hydrogen (secondary N) is 2. The van der Waals surface area contributed by atoms with E-state index in [0.717, 1.165) is 11.1 Å². The first-order chi connectivity index (χ1) is 12.7. The number of carbonyl (C=O) groups is 1. The third-order valence-electron chi connectivity index (χ3n) is 3.97. The first-order valence-electron chi connectivity index (χ1n) is 7.79. The zero-order valence-electron chi connectivity index (χ0n) is 13.4. The van der Waals surface area contributed by atoms with Crippen molar-refractivity contribution in [3.63, 3.8) is 0 Å². The zero-order valence-corrected chi connectivity index (χ0v) is 14.2. The van der Waals surface area contributed by atoms with E-state index in [0.29, 0.717) is 22.1 Å². The molecule has 0 aliphatic heterocycles. The molecule has 0 aliphatic rings. The zero-order chi connectivity index (χ0) is 18.1. The lowest BCUT2D eigenvalue weighted by Crippen LogP contribution is -2.16. The van der Waals surface area contributed by atoms with Gasteiger partial charge in [-0.2, -0.15) is 10.4 Å². The maximum absolute atomic E-state index is 12.7. The van der Waals surface area contributed by atoms with Gasteiger partial charge in [0, 0.05) is 5.39 Å². The summed E-state index contributed by atoms with van der Waals surface area (Å²) in [5.74, 6) is -0.0695. The number of benzene rings is 2. The molecule has 0 saturated carbocycles. The summed E-state index contributed by atoms with van der Waals surface area (Å²) in [6.45, 7) is 0. The minimum absolute atomic E-state index is 0.274. The van der Waals surface area contributed by atoms with E-state index >= 15 is 0 Å². The van der Waals surface area contributed by atoms with E-state index in [1.165, 1.54) is 10.9 Å². The molecule has 0 fully saturated rings. The molecule has 6 nitrogen and oxygen atoms in total. The van der Waals surface area contributed by atoms with Crippen LogP contribution in [0.3, 0.4) is 0 Å². The van der Waals surface area contributed by atoms with Gasteiger partial charge in [-0.05, 0) is 24.3 Å². The lowest BCUT2D eigenvalue weighted by atomic mass is 10.2. The summed E-state index contributed by atoms with van der Waals surface area (Å²) in [6, 6.07) is 18.5. The van der Waals surface area contributed by atoms with Crippen molar-refractivity contribution in [2.75, 3.05) is 5.32 Å². The first kappa shape index (κ1) is 15.9. The SMILES string of the molecule is N#Cc1cnn(-c2ccccc2)c1NC(=O)c1cc2cccc(Cl)c2[nH]1. The number of nitrogens with zero attached hydrogens (tertiary/aromatic N) is 3. The molecule has 0 saturated heterocycles. The number of hydrogen-bond donors (Lipinski definition) is 2. The smallest absolute Gasteiger partial charge is 0.273 e. The Morgan fingerprint density at radius 2 is 2.00 bits per heavy atom. The highest BCUT2D eigenvalue weighted by atomic mass is 35.5. The molecule has 7 heteroatoms. The van der Waals surface area contributed by atoms with Crippen LogP contribution in [0.25, 0.3) is 16.6 Å². The van der Waals surface area contributed by atoms with E-state index in [1.54, 1.807) is 12.1 Å². The van der Waals surface area contributed by atoms with Crippen molar-refractivity contribution in [3.8, 4) is 11.8 Å². The van der Waals surface area contributed by atoms with E-state index in [2.05, 4.69) is 15.4 Å². The molecule has 0 atom stereocenters. The number of hydrogen-bond acceptors (Lipinski definition) is 3. The molecular weight excluding hydrogens is 350 g/mol. The quantitative estimate of drug-likeness (QED) is 0.575. The molecule has 26 heavy (non-hydrogen) atoms. The van der Waals surface area contributed by atoms with Gasteiger partial charge < -0.3 is 10.3 Å². The number of fused-ring (bicyclic) bond motifs is 1. The second kappa shape index (κ2) is 6.39. The molecule has 0 spiro atoms. The van der Waals surface area contributed by atoms with Crippen LogP contribution in [-0.4, -0.2) is 20.7 Å². The predicted molar refractivity (Wildman–Crippen MR) is 99.5 cm³/mol. The number of nitriles is 1. The Kier molecular flexibility index (Phi) is 3.92. The Hall–Kier alpha value is -3.56. The van der Waals surface area contributed by atoms with Crippen molar-refractivity contribution < 1.29 is 4.79 Å². The van der Waals surface area contributed by atoms with Crippen LogP contribution in [0, 0.1) is 11.3 Å². The summed E-state index contributed by atoms with van der Waals surface area (Å²) < 4.78 is 1.52. The van der Waals surface area contributed by atoms with E-state index in [4.69, 9.17) is 11.6 Å². The topological polar surface area (TPSA) is 86.5 Å². The summed E-state index contributed by atoms with van der Waals surface area (Å²) in [5, 5.41) is 17.7. The Morgan fingerprint density at radius 3 is 2.73 bits per heavy atom. The van der Waals surface area contributed by atoms with Crippen LogP contribution in [0.1, 0.15) is 16.1 Å². The normalized spacial score (nSPS) is 10.6. The molecule has 4 rings (SSSR count). The molecule has 0 unspecified atom stereocenters. The Morgan fingerprint density at radius 1 is 1.19 bits per heavy atom. The van der Waals surface area contributed by atoms with E-state index in [9.17, 15) is 10.1 Å². The number of carbonyl (C=O) groups excluding carboxylic acids is 1. The highest BCUT2D eigenvalue weighted by Crippen LogP contribution is 2.25. The standard InChI is InChI=1S/C19H12ClN5O/c20-15-8-4-5-12-9-16(23-17(12)15)19(26)24-18-13(10-21)11-22-25(18)14-6-2-1-3-7-14/h1-9,11,23H,(H,24,26). The highest BCUT2D eigenvalue weighted by molar-refractivity contribution is 6.35. The number of rotatable bonds is 3. The van der Waals surface area contributed by atoms with Crippen LogP contribution < -0.4 is 5.32 Å². The molecule has 0 bridgehead atoms. The average Bonchev–Trinajstić information content (AvgIpc) is 3.27. The third kappa shape index (κ3) is 2.70. The van der Waals surface area contributed by atoms with Crippen LogP contribution >= 0.6 is 11.6 Å². The maximum atomic E-state index is 12.7. The maximum Gasteiger partial charge on any atom is 0.273 e.